The summed E-state index contributed by atoms with van der Waals surface area (Å²) < 4.78 is 4.78. The Balaban J connectivity index is 1.76. The molecule has 0 bridgehead atoms. The molecule has 15 heavy (non-hydrogen) atoms. The third-order valence-electron chi connectivity index (χ3n) is 3.77. The quantitative estimate of drug-likeness (QED) is 0.663. The molecule has 0 aromatic rings. The summed E-state index contributed by atoms with van der Waals surface area (Å²) in [5, 5.41) is 3.23. The number of hydrogen-bond donors (Lipinski definition) is 1. The molecular formula is C11H20N2O2. The van der Waals surface area contributed by atoms with Crippen LogP contribution in [0.3, 0.4) is 0 Å². The molecule has 2 fully saturated rings. The highest BCUT2D eigenvalue weighted by Crippen LogP contribution is 2.52. The molecule has 4 nitrogen and oxygen atoms in total. The summed E-state index contributed by atoms with van der Waals surface area (Å²) in [6, 6.07) is 0.527. The molecule has 3 unspecified atom stereocenters. The van der Waals surface area contributed by atoms with E-state index in [4.69, 9.17) is 4.74 Å². The Hall–Kier alpha value is -0.610. The van der Waals surface area contributed by atoms with Gasteiger partial charge in [-0.05, 0) is 25.8 Å². The van der Waals surface area contributed by atoms with Gasteiger partial charge in [0, 0.05) is 25.7 Å². The van der Waals surface area contributed by atoms with E-state index in [1.165, 1.54) is 7.11 Å². The smallest absolute Gasteiger partial charge is 0.309 e. The van der Waals surface area contributed by atoms with Crippen molar-refractivity contribution in [1.29, 1.82) is 0 Å². The third-order valence-corrected chi connectivity index (χ3v) is 3.77. The number of piperidine rings is 1. The van der Waals surface area contributed by atoms with Gasteiger partial charge in [0.2, 0.25) is 0 Å². The number of rotatable bonds is 4. The number of methoxy groups -OCH3 is 1. The van der Waals surface area contributed by atoms with Crippen LogP contribution in [0.5, 0.6) is 0 Å². The number of nitrogens with zero attached hydrogens (tertiary/aromatic N) is 1. The van der Waals surface area contributed by atoms with E-state index in [9.17, 15) is 4.79 Å². The molecule has 0 spiro atoms. The molecule has 1 aliphatic heterocycles. The van der Waals surface area contributed by atoms with Crippen LogP contribution in [0.4, 0.5) is 0 Å². The second-order valence-corrected chi connectivity index (χ2v) is 4.78. The van der Waals surface area contributed by atoms with Gasteiger partial charge in [-0.1, -0.05) is 0 Å². The van der Waals surface area contributed by atoms with Crippen molar-refractivity contribution < 1.29 is 9.53 Å². The maximum absolute atomic E-state index is 11.3. The van der Waals surface area contributed by atoms with Gasteiger partial charge in [0.25, 0.3) is 0 Å². The second-order valence-electron chi connectivity index (χ2n) is 4.78. The van der Waals surface area contributed by atoms with Gasteiger partial charge in [-0.25, -0.2) is 0 Å². The number of ether oxygens (including phenoxy) is 1. The minimum atomic E-state index is -0.00804. The fraction of sp³-hybridized carbons (Fsp3) is 0.909. The first-order valence-electron chi connectivity index (χ1n) is 5.64. The number of esters is 1. The molecule has 86 valence electrons. The Morgan fingerprint density at radius 2 is 2.13 bits per heavy atom. The zero-order chi connectivity index (χ0) is 11.0. The summed E-state index contributed by atoms with van der Waals surface area (Å²) in [6.07, 6.45) is 0. The topological polar surface area (TPSA) is 41.6 Å². The molecule has 1 saturated carbocycles. The number of carbonyl (C=O) groups excluding carboxylic acids is 1. The van der Waals surface area contributed by atoms with Crippen molar-refractivity contribution in [3.8, 4) is 0 Å². The van der Waals surface area contributed by atoms with Gasteiger partial charge in [0.05, 0.1) is 13.0 Å². The zero-order valence-electron chi connectivity index (χ0n) is 9.69. The van der Waals surface area contributed by atoms with Gasteiger partial charge in [-0.15, -0.1) is 0 Å². The molecule has 1 heterocycles. The van der Waals surface area contributed by atoms with Crippen molar-refractivity contribution in [1.82, 2.24) is 10.2 Å². The lowest BCUT2D eigenvalue weighted by molar-refractivity contribution is -0.143. The lowest BCUT2D eigenvalue weighted by Gasteiger charge is -2.22. The van der Waals surface area contributed by atoms with E-state index in [0.717, 1.165) is 19.6 Å². The number of likely N-dealkylation sites (N-methyl/N-ethyl adjacent to an activating group) is 1. The molecule has 0 aromatic carbocycles. The molecule has 0 aromatic heterocycles. The van der Waals surface area contributed by atoms with E-state index in [0.29, 0.717) is 17.9 Å². The fourth-order valence-electron chi connectivity index (χ4n) is 2.73. The maximum atomic E-state index is 11.3. The number of likely N-dealkylation sites (tertiary alicyclic amines) is 1. The van der Waals surface area contributed by atoms with E-state index >= 15 is 0 Å². The average Bonchev–Trinajstić information content (AvgIpc) is 2.74. The number of hydrogen-bond acceptors (Lipinski definition) is 4. The van der Waals surface area contributed by atoms with Crippen LogP contribution in [0.1, 0.15) is 6.92 Å². The summed E-state index contributed by atoms with van der Waals surface area (Å²) >= 11 is 0. The summed E-state index contributed by atoms with van der Waals surface area (Å²) in [4.78, 5) is 13.8. The van der Waals surface area contributed by atoms with Crippen LogP contribution in [0.25, 0.3) is 0 Å². The van der Waals surface area contributed by atoms with Crippen LogP contribution in [-0.4, -0.2) is 50.7 Å². The van der Waals surface area contributed by atoms with Gasteiger partial charge < -0.3 is 15.0 Å². The maximum Gasteiger partial charge on any atom is 0.309 e. The summed E-state index contributed by atoms with van der Waals surface area (Å²) in [5.74, 6) is 1.34. The molecule has 2 aliphatic rings. The molecule has 3 atom stereocenters. The molecule has 1 N–H and O–H groups in total. The Kier molecular flexibility index (Phi) is 2.98. The Labute approximate surface area is 91.0 Å². The van der Waals surface area contributed by atoms with Gasteiger partial charge in [0.15, 0.2) is 0 Å². The van der Waals surface area contributed by atoms with Crippen molar-refractivity contribution in [2.45, 2.75) is 13.0 Å². The first-order chi connectivity index (χ1) is 7.17. The van der Waals surface area contributed by atoms with Crippen LogP contribution in [-0.2, 0) is 9.53 Å². The van der Waals surface area contributed by atoms with Crippen LogP contribution in [0.2, 0.25) is 0 Å². The van der Waals surface area contributed by atoms with Crippen LogP contribution in [0, 0.1) is 17.8 Å². The molecule has 2 rings (SSSR count). The van der Waals surface area contributed by atoms with Crippen molar-refractivity contribution in [3.63, 3.8) is 0 Å². The normalized spacial score (nSPS) is 36.1. The van der Waals surface area contributed by atoms with E-state index < -0.39 is 0 Å². The molecule has 1 saturated heterocycles. The summed E-state index contributed by atoms with van der Waals surface area (Å²) in [6.45, 7) is 5.39. The highest BCUT2D eigenvalue weighted by molar-refractivity contribution is 5.76. The van der Waals surface area contributed by atoms with E-state index in [1.807, 2.05) is 7.05 Å². The van der Waals surface area contributed by atoms with E-state index in [-0.39, 0.29) is 11.9 Å². The number of nitrogens with one attached hydrogen (secondary N) is 1. The SMILES string of the molecule is CNC(C)CN1CC2C(C1)C2C(=O)OC. The van der Waals surface area contributed by atoms with Gasteiger partial charge in [-0.2, -0.15) is 0 Å². The Morgan fingerprint density at radius 3 is 2.60 bits per heavy atom. The van der Waals surface area contributed by atoms with Crippen molar-refractivity contribution in [2.75, 3.05) is 33.8 Å². The second kappa shape index (κ2) is 4.10. The Bertz CT molecular complexity index is 245. The predicted octanol–water partition coefficient (Wildman–Crippen LogP) is -0.0549. The monoisotopic (exact) mass is 212 g/mol. The van der Waals surface area contributed by atoms with Gasteiger partial charge in [0.1, 0.15) is 0 Å². The van der Waals surface area contributed by atoms with Crippen molar-refractivity contribution in [2.24, 2.45) is 17.8 Å². The molecule has 1 aliphatic carbocycles. The minimum Gasteiger partial charge on any atom is -0.469 e. The standard InChI is InChI=1S/C11H20N2O2/c1-7(12-2)4-13-5-8-9(6-13)10(8)11(14)15-3/h7-10,12H,4-6H2,1-3H3. The van der Waals surface area contributed by atoms with Gasteiger partial charge in [-0.3, -0.25) is 4.79 Å². The highest BCUT2D eigenvalue weighted by atomic mass is 16.5. The lowest BCUT2D eigenvalue weighted by atomic mass is 10.2. The fourth-order valence-corrected chi connectivity index (χ4v) is 2.73. The highest BCUT2D eigenvalue weighted by Gasteiger charge is 2.59. The summed E-state index contributed by atoms with van der Waals surface area (Å²) in [5.41, 5.74) is 0. The lowest BCUT2D eigenvalue weighted by Crippen LogP contribution is -2.38. The third kappa shape index (κ3) is 2.01. The van der Waals surface area contributed by atoms with Crippen molar-refractivity contribution >= 4 is 5.97 Å². The number of carbonyl (C=O) groups is 1. The van der Waals surface area contributed by atoms with Crippen LogP contribution >= 0.6 is 0 Å². The first kappa shape index (κ1) is 10.9. The van der Waals surface area contributed by atoms with Crippen LogP contribution < -0.4 is 5.32 Å². The van der Waals surface area contributed by atoms with Gasteiger partial charge >= 0.3 is 5.97 Å². The van der Waals surface area contributed by atoms with E-state index in [1.54, 1.807) is 0 Å². The largest absolute Gasteiger partial charge is 0.469 e. The molecular weight excluding hydrogens is 192 g/mol. The number of fused-ring (bicyclic) bond motifs is 1. The Morgan fingerprint density at radius 1 is 1.53 bits per heavy atom. The predicted molar refractivity (Wildman–Crippen MR) is 57.4 cm³/mol. The first-order valence-corrected chi connectivity index (χ1v) is 5.64. The minimum absolute atomic E-state index is 0.00804. The zero-order valence-corrected chi connectivity index (χ0v) is 9.69. The summed E-state index contributed by atoms with van der Waals surface area (Å²) in [7, 11) is 3.47. The molecule has 0 amide bonds. The molecule has 0 radical (unpaired) electrons. The average molecular weight is 212 g/mol. The molecule has 4 heteroatoms. The van der Waals surface area contributed by atoms with Crippen LogP contribution in [0.15, 0.2) is 0 Å². The van der Waals surface area contributed by atoms with Crippen molar-refractivity contribution in [3.05, 3.63) is 0 Å². The van der Waals surface area contributed by atoms with E-state index in [2.05, 4.69) is 17.1 Å².